The summed E-state index contributed by atoms with van der Waals surface area (Å²) in [4.78, 5) is 24.0. The molecule has 3 amide bonds. The van der Waals surface area contributed by atoms with Crippen LogP contribution >= 0.6 is 23.2 Å². The molecule has 6 rings (SSSR count). The first kappa shape index (κ1) is 32.3. The van der Waals surface area contributed by atoms with Crippen molar-refractivity contribution in [2.75, 3.05) is 18.4 Å². The van der Waals surface area contributed by atoms with E-state index in [1.807, 2.05) is 41.3 Å². The van der Waals surface area contributed by atoms with Crippen LogP contribution in [0.25, 0.3) is 11.3 Å². The molecule has 3 N–H and O–H groups in total. The smallest absolute Gasteiger partial charge is 0.316 e. The fraction of sp³-hybridized carbons (Fsp3) is 0.500. The molecule has 2 saturated carbocycles. The summed E-state index contributed by atoms with van der Waals surface area (Å²) >= 11 is 12.8. The first-order valence-corrected chi connectivity index (χ1v) is 16.5. The van der Waals surface area contributed by atoms with Gasteiger partial charge in [-0.25, -0.2) is 4.79 Å². The van der Waals surface area contributed by atoms with Gasteiger partial charge in [0, 0.05) is 42.7 Å². The number of urea groups is 1. The Morgan fingerprint density at radius 3 is 2.36 bits per heavy atom. The quantitative estimate of drug-likeness (QED) is 0.256. The normalized spacial score (nSPS) is 20.2. The van der Waals surface area contributed by atoms with E-state index in [-0.39, 0.29) is 5.91 Å². The predicted molar refractivity (Wildman–Crippen MR) is 174 cm³/mol. The SMILES string of the molecule is CC(=O)N1CCC(c2cccc(NC(N)=O)c2)CC1.CCC1CCCC1OCc1c(-c2c(Cl)cccc2Cl)noc1C1CC1. The van der Waals surface area contributed by atoms with Gasteiger partial charge in [0.25, 0.3) is 0 Å². The standard InChI is InChI=1S/C20H23Cl2NO2.C14H19N3O2/c1-2-12-5-3-8-17(12)24-11-14-19(23-25-20(14)13-9-10-13)18-15(21)6-4-7-16(18)22;1-10(18)17-7-5-11(6-8-17)12-3-2-4-13(9-12)16-14(15)19/h4,6-7,12-13,17H,2-3,5,8-11H2,1H3;2-4,9,11H,5-8H2,1H3,(H3,15,16,19). The van der Waals surface area contributed by atoms with Crippen molar-refractivity contribution in [2.24, 2.45) is 11.7 Å². The van der Waals surface area contributed by atoms with E-state index in [0.29, 0.717) is 40.5 Å². The van der Waals surface area contributed by atoms with E-state index in [9.17, 15) is 9.59 Å². The van der Waals surface area contributed by atoms with Gasteiger partial charge in [0.1, 0.15) is 11.5 Å². The zero-order chi connectivity index (χ0) is 31.2. The molecule has 0 radical (unpaired) electrons. The highest BCUT2D eigenvalue weighted by atomic mass is 35.5. The Morgan fingerprint density at radius 1 is 1.02 bits per heavy atom. The number of likely N-dealkylation sites (tertiary alicyclic amines) is 1. The van der Waals surface area contributed by atoms with Crippen LogP contribution in [-0.4, -0.2) is 41.2 Å². The summed E-state index contributed by atoms with van der Waals surface area (Å²) in [6.45, 7) is 5.97. The molecule has 2 aromatic carbocycles. The number of nitrogens with one attached hydrogen (secondary N) is 1. The van der Waals surface area contributed by atoms with Crippen LogP contribution in [0.2, 0.25) is 10.0 Å². The zero-order valence-electron chi connectivity index (χ0n) is 25.5. The number of carbonyl (C=O) groups is 2. The van der Waals surface area contributed by atoms with Crippen LogP contribution < -0.4 is 11.1 Å². The number of hydrogen-bond donors (Lipinski definition) is 2. The summed E-state index contributed by atoms with van der Waals surface area (Å²) in [7, 11) is 0. The maximum absolute atomic E-state index is 11.3. The first-order valence-electron chi connectivity index (χ1n) is 15.7. The molecular formula is C34H42Cl2N4O4. The molecule has 236 valence electrons. The van der Waals surface area contributed by atoms with E-state index < -0.39 is 6.03 Å². The molecule has 10 heteroatoms. The number of halogens is 2. The van der Waals surface area contributed by atoms with E-state index in [4.69, 9.17) is 38.2 Å². The number of nitrogens with two attached hydrogens (primary N) is 1. The number of anilines is 1. The lowest BCUT2D eigenvalue weighted by atomic mass is 9.89. The molecule has 44 heavy (non-hydrogen) atoms. The largest absolute Gasteiger partial charge is 0.373 e. The van der Waals surface area contributed by atoms with E-state index in [0.717, 1.165) is 73.5 Å². The van der Waals surface area contributed by atoms with E-state index in [1.165, 1.54) is 24.8 Å². The number of primary amides is 1. The van der Waals surface area contributed by atoms with E-state index >= 15 is 0 Å². The van der Waals surface area contributed by atoms with Crippen molar-refractivity contribution >= 4 is 40.8 Å². The fourth-order valence-corrected chi connectivity index (χ4v) is 7.04. The first-order chi connectivity index (χ1) is 21.2. The van der Waals surface area contributed by atoms with E-state index in [2.05, 4.69) is 23.5 Å². The summed E-state index contributed by atoms with van der Waals surface area (Å²) in [5.74, 6) is 2.66. The lowest BCUT2D eigenvalue weighted by Gasteiger charge is -2.31. The topological polar surface area (TPSA) is 111 Å². The van der Waals surface area contributed by atoms with Crippen molar-refractivity contribution in [3.05, 3.63) is 69.4 Å². The van der Waals surface area contributed by atoms with Gasteiger partial charge in [-0.05, 0) is 80.2 Å². The molecule has 2 unspecified atom stereocenters. The lowest BCUT2D eigenvalue weighted by molar-refractivity contribution is -0.129. The Kier molecular flexibility index (Phi) is 10.9. The van der Waals surface area contributed by atoms with Gasteiger partial charge in [-0.1, -0.05) is 66.3 Å². The predicted octanol–water partition coefficient (Wildman–Crippen LogP) is 8.52. The number of benzene rings is 2. The Bertz CT molecular complexity index is 1430. The number of piperidine rings is 1. The van der Waals surface area contributed by atoms with Gasteiger partial charge in [0.2, 0.25) is 5.91 Å². The minimum atomic E-state index is -0.552. The number of ether oxygens (including phenoxy) is 1. The molecule has 3 aromatic rings. The van der Waals surface area contributed by atoms with Crippen molar-refractivity contribution in [3.63, 3.8) is 0 Å². The summed E-state index contributed by atoms with van der Waals surface area (Å²) in [5, 5.41) is 8.10. The van der Waals surface area contributed by atoms with E-state index in [1.54, 1.807) is 6.92 Å². The van der Waals surface area contributed by atoms with Gasteiger partial charge in [-0.2, -0.15) is 0 Å². The highest BCUT2D eigenvalue weighted by Gasteiger charge is 2.35. The number of aromatic nitrogens is 1. The molecule has 8 nitrogen and oxygen atoms in total. The van der Waals surface area contributed by atoms with Crippen LogP contribution in [0.4, 0.5) is 10.5 Å². The van der Waals surface area contributed by atoms with Gasteiger partial charge in [-0.3, -0.25) is 4.79 Å². The highest BCUT2D eigenvalue weighted by molar-refractivity contribution is 6.39. The highest BCUT2D eigenvalue weighted by Crippen LogP contribution is 2.46. The molecule has 2 atom stereocenters. The number of hydrogen-bond acceptors (Lipinski definition) is 5. The van der Waals surface area contributed by atoms with Crippen LogP contribution in [0.15, 0.2) is 47.0 Å². The number of carbonyl (C=O) groups excluding carboxylic acids is 2. The van der Waals surface area contributed by atoms with Crippen molar-refractivity contribution in [2.45, 2.75) is 89.8 Å². The average molecular weight is 642 g/mol. The van der Waals surface area contributed by atoms with Crippen molar-refractivity contribution < 1.29 is 18.8 Å². The zero-order valence-corrected chi connectivity index (χ0v) is 27.0. The minimum absolute atomic E-state index is 0.141. The summed E-state index contributed by atoms with van der Waals surface area (Å²) in [6, 6.07) is 12.7. The van der Waals surface area contributed by atoms with Gasteiger partial charge in [0.15, 0.2) is 0 Å². The molecular weight excluding hydrogens is 599 g/mol. The second-order valence-corrected chi connectivity index (χ2v) is 12.9. The number of amides is 3. The molecule has 0 bridgehead atoms. The molecule has 1 aliphatic heterocycles. The Balaban J connectivity index is 0.000000182. The molecule has 2 heterocycles. The van der Waals surface area contributed by atoms with Crippen LogP contribution in [0.5, 0.6) is 0 Å². The Hall–Kier alpha value is -3.07. The van der Waals surface area contributed by atoms with Crippen LogP contribution in [-0.2, 0) is 16.1 Å². The van der Waals surface area contributed by atoms with Crippen LogP contribution in [0, 0.1) is 5.92 Å². The molecule has 3 aliphatic rings. The van der Waals surface area contributed by atoms with Crippen LogP contribution in [0.1, 0.15) is 93.9 Å². The number of rotatable bonds is 8. The minimum Gasteiger partial charge on any atom is -0.373 e. The van der Waals surface area contributed by atoms with Gasteiger partial charge < -0.3 is 25.2 Å². The van der Waals surface area contributed by atoms with Gasteiger partial charge >= 0.3 is 6.03 Å². The number of nitrogens with zero attached hydrogens (tertiary/aromatic N) is 2. The monoisotopic (exact) mass is 640 g/mol. The summed E-state index contributed by atoms with van der Waals surface area (Å²) < 4.78 is 12.0. The summed E-state index contributed by atoms with van der Waals surface area (Å²) in [5.41, 5.74) is 9.54. The third kappa shape index (κ3) is 7.95. The third-order valence-corrected chi connectivity index (χ3v) is 9.72. The maximum atomic E-state index is 11.3. The van der Waals surface area contributed by atoms with Crippen molar-refractivity contribution in [1.29, 1.82) is 0 Å². The summed E-state index contributed by atoms with van der Waals surface area (Å²) in [6.07, 6.45) is 9.39. The lowest BCUT2D eigenvalue weighted by Crippen LogP contribution is -2.36. The van der Waals surface area contributed by atoms with Gasteiger partial charge in [0.05, 0.1) is 22.8 Å². The molecule has 3 fully saturated rings. The second kappa shape index (κ2) is 14.8. The molecule has 2 aliphatic carbocycles. The molecule has 1 aromatic heterocycles. The maximum Gasteiger partial charge on any atom is 0.316 e. The molecule has 0 spiro atoms. The second-order valence-electron chi connectivity index (χ2n) is 12.1. The van der Waals surface area contributed by atoms with Crippen molar-refractivity contribution in [1.82, 2.24) is 10.1 Å². The average Bonchev–Trinajstić information content (AvgIpc) is 3.60. The fourth-order valence-electron chi connectivity index (χ4n) is 6.47. The Labute approximate surface area is 269 Å². The van der Waals surface area contributed by atoms with Gasteiger partial charge in [-0.15, -0.1) is 0 Å². The van der Waals surface area contributed by atoms with Crippen molar-refractivity contribution in [3.8, 4) is 11.3 Å². The Morgan fingerprint density at radius 2 is 1.73 bits per heavy atom. The van der Waals surface area contributed by atoms with Crippen LogP contribution in [0.3, 0.4) is 0 Å². The molecule has 1 saturated heterocycles. The third-order valence-electron chi connectivity index (χ3n) is 9.09.